The average molecular weight is 399 g/mol. The Bertz CT molecular complexity index is 860. The lowest BCUT2D eigenvalue weighted by Crippen LogP contribution is -2.22. The summed E-state index contributed by atoms with van der Waals surface area (Å²) in [4.78, 5) is 24.3. The number of methoxy groups -OCH3 is 2. The van der Waals surface area contributed by atoms with Gasteiger partial charge in [0.2, 0.25) is 0 Å². The van der Waals surface area contributed by atoms with Gasteiger partial charge in [0.1, 0.15) is 0 Å². The van der Waals surface area contributed by atoms with Gasteiger partial charge < -0.3 is 19.5 Å². The summed E-state index contributed by atoms with van der Waals surface area (Å²) in [7, 11) is 3.13. The molecule has 2 aromatic carbocycles. The fourth-order valence-electron chi connectivity index (χ4n) is 3.02. The van der Waals surface area contributed by atoms with Crippen LogP contribution in [-0.4, -0.2) is 32.7 Å². The van der Waals surface area contributed by atoms with E-state index < -0.39 is 5.97 Å². The monoisotopic (exact) mass is 399 g/mol. The third kappa shape index (κ3) is 6.24. The molecule has 0 aromatic heterocycles. The van der Waals surface area contributed by atoms with Crippen molar-refractivity contribution >= 4 is 17.6 Å². The number of carbonyl (C=O) groups excluding carboxylic acids is 2. The van der Waals surface area contributed by atoms with Gasteiger partial charge in [-0.3, -0.25) is 9.59 Å². The van der Waals surface area contributed by atoms with Gasteiger partial charge in [-0.1, -0.05) is 38.1 Å². The minimum absolute atomic E-state index is 0.171. The van der Waals surface area contributed by atoms with E-state index >= 15 is 0 Å². The summed E-state index contributed by atoms with van der Waals surface area (Å²) < 4.78 is 15.6. The fourth-order valence-corrected chi connectivity index (χ4v) is 3.02. The predicted octanol–water partition coefficient (Wildman–Crippen LogP) is 4.25. The summed E-state index contributed by atoms with van der Waals surface area (Å²) in [5.41, 5.74) is 3.74. The summed E-state index contributed by atoms with van der Waals surface area (Å²) in [5.74, 6) is 0.739. The number of hydrogen-bond acceptors (Lipinski definition) is 5. The lowest BCUT2D eigenvalue weighted by atomic mass is 9.98. The van der Waals surface area contributed by atoms with Crippen molar-refractivity contribution in [2.75, 3.05) is 26.1 Å². The van der Waals surface area contributed by atoms with Crippen molar-refractivity contribution in [3.8, 4) is 11.5 Å². The van der Waals surface area contributed by atoms with E-state index in [4.69, 9.17) is 14.2 Å². The van der Waals surface area contributed by atoms with Crippen molar-refractivity contribution in [2.45, 2.75) is 39.5 Å². The van der Waals surface area contributed by atoms with Crippen LogP contribution in [0.15, 0.2) is 36.4 Å². The molecule has 0 radical (unpaired) electrons. The van der Waals surface area contributed by atoms with E-state index in [1.54, 1.807) is 20.3 Å². The summed E-state index contributed by atoms with van der Waals surface area (Å²) in [6.07, 6.45) is 0.653. The molecule has 0 bridgehead atoms. The minimum Gasteiger partial charge on any atom is -0.493 e. The van der Waals surface area contributed by atoms with Crippen LogP contribution < -0.4 is 14.8 Å². The molecule has 0 atom stereocenters. The first-order chi connectivity index (χ1) is 13.8. The van der Waals surface area contributed by atoms with Crippen molar-refractivity contribution in [3.05, 3.63) is 53.1 Å². The molecule has 6 heteroatoms. The van der Waals surface area contributed by atoms with Gasteiger partial charge in [-0.15, -0.1) is 0 Å². The number of esters is 1. The molecule has 0 unspecified atom stereocenters. The molecule has 0 aliphatic rings. The summed E-state index contributed by atoms with van der Waals surface area (Å²) >= 11 is 0. The highest BCUT2D eigenvalue weighted by molar-refractivity contribution is 5.94. The molecule has 6 nitrogen and oxygen atoms in total. The number of para-hydroxylation sites is 1. The second-order valence-corrected chi connectivity index (χ2v) is 7.09. The number of rotatable bonds is 9. The smallest absolute Gasteiger partial charge is 0.306 e. The zero-order chi connectivity index (χ0) is 21.4. The number of ether oxygens (including phenoxy) is 3. The van der Waals surface area contributed by atoms with Gasteiger partial charge in [0.25, 0.3) is 5.91 Å². The van der Waals surface area contributed by atoms with Crippen LogP contribution in [0.4, 0.5) is 5.69 Å². The molecule has 0 saturated heterocycles. The van der Waals surface area contributed by atoms with E-state index in [0.717, 1.165) is 22.4 Å². The van der Waals surface area contributed by atoms with E-state index in [1.165, 1.54) is 0 Å². The van der Waals surface area contributed by atoms with Crippen LogP contribution >= 0.6 is 0 Å². The van der Waals surface area contributed by atoms with E-state index in [2.05, 4.69) is 19.2 Å². The van der Waals surface area contributed by atoms with Crippen molar-refractivity contribution in [1.29, 1.82) is 0 Å². The summed E-state index contributed by atoms with van der Waals surface area (Å²) in [6, 6.07) is 11.4. The zero-order valence-electron chi connectivity index (χ0n) is 17.7. The van der Waals surface area contributed by atoms with Crippen molar-refractivity contribution in [3.63, 3.8) is 0 Å². The second kappa shape index (κ2) is 10.5. The van der Waals surface area contributed by atoms with E-state index in [1.807, 2.05) is 37.3 Å². The van der Waals surface area contributed by atoms with Gasteiger partial charge in [-0.05, 0) is 48.1 Å². The minimum atomic E-state index is -0.427. The molecule has 2 rings (SSSR count). The van der Waals surface area contributed by atoms with Crippen molar-refractivity contribution < 1.29 is 23.8 Å². The Morgan fingerprint density at radius 2 is 1.76 bits per heavy atom. The largest absolute Gasteiger partial charge is 0.493 e. The van der Waals surface area contributed by atoms with Crippen LogP contribution in [0.2, 0.25) is 0 Å². The number of benzene rings is 2. The van der Waals surface area contributed by atoms with Gasteiger partial charge >= 0.3 is 5.97 Å². The molecule has 0 fully saturated rings. The van der Waals surface area contributed by atoms with Gasteiger partial charge in [0.15, 0.2) is 18.1 Å². The molecular formula is C23H29NO5. The van der Waals surface area contributed by atoms with Crippen LogP contribution in [0.1, 0.15) is 42.9 Å². The Labute approximate surface area is 172 Å². The van der Waals surface area contributed by atoms with Crippen LogP contribution in [-0.2, 0) is 20.7 Å². The molecule has 0 saturated carbocycles. The highest BCUT2D eigenvalue weighted by atomic mass is 16.5. The zero-order valence-corrected chi connectivity index (χ0v) is 17.7. The number of aryl methyl sites for hydroxylation is 2. The maximum Gasteiger partial charge on any atom is 0.306 e. The SMILES string of the molecule is COc1ccc(CCC(=O)OCC(=O)Nc2c(C)cccc2C(C)C)cc1OC. The first-order valence-electron chi connectivity index (χ1n) is 9.61. The Hall–Kier alpha value is -3.02. The van der Waals surface area contributed by atoms with Crippen LogP contribution in [0.3, 0.4) is 0 Å². The highest BCUT2D eigenvalue weighted by Crippen LogP contribution is 2.28. The van der Waals surface area contributed by atoms with Gasteiger partial charge in [-0.2, -0.15) is 0 Å². The molecule has 2 aromatic rings. The average Bonchev–Trinajstić information content (AvgIpc) is 2.71. The lowest BCUT2D eigenvalue weighted by Gasteiger charge is -2.16. The molecule has 29 heavy (non-hydrogen) atoms. The Morgan fingerprint density at radius 1 is 1.03 bits per heavy atom. The third-order valence-electron chi connectivity index (χ3n) is 4.62. The van der Waals surface area contributed by atoms with Crippen LogP contribution in [0, 0.1) is 6.92 Å². The second-order valence-electron chi connectivity index (χ2n) is 7.09. The number of carbonyl (C=O) groups is 2. The third-order valence-corrected chi connectivity index (χ3v) is 4.62. The molecule has 1 N–H and O–H groups in total. The highest BCUT2D eigenvalue weighted by Gasteiger charge is 2.14. The molecule has 0 spiro atoms. The van der Waals surface area contributed by atoms with Gasteiger partial charge in [0, 0.05) is 12.1 Å². The predicted molar refractivity (Wildman–Crippen MR) is 113 cm³/mol. The standard InChI is InChI=1S/C23H29NO5/c1-15(2)18-8-6-7-16(3)23(18)24-21(25)14-29-22(26)12-10-17-9-11-19(27-4)20(13-17)28-5/h6-9,11,13,15H,10,12,14H2,1-5H3,(H,24,25). The van der Waals surface area contributed by atoms with Crippen molar-refractivity contribution in [2.24, 2.45) is 0 Å². The fraction of sp³-hybridized carbons (Fsp3) is 0.391. The van der Waals surface area contributed by atoms with Gasteiger partial charge in [-0.25, -0.2) is 0 Å². The number of hydrogen-bond donors (Lipinski definition) is 1. The Morgan fingerprint density at radius 3 is 2.41 bits per heavy atom. The van der Waals surface area contributed by atoms with Gasteiger partial charge in [0.05, 0.1) is 14.2 Å². The van der Waals surface area contributed by atoms with Crippen LogP contribution in [0.5, 0.6) is 11.5 Å². The lowest BCUT2D eigenvalue weighted by molar-refractivity contribution is -0.147. The molecular weight excluding hydrogens is 370 g/mol. The summed E-state index contributed by atoms with van der Waals surface area (Å²) in [6.45, 7) is 5.77. The molecule has 1 amide bonds. The van der Waals surface area contributed by atoms with Crippen molar-refractivity contribution in [1.82, 2.24) is 0 Å². The summed E-state index contributed by atoms with van der Waals surface area (Å²) in [5, 5.41) is 2.87. The molecule has 0 heterocycles. The van der Waals surface area contributed by atoms with Crippen LogP contribution in [0.25, 0.3) is 0 Å². The molecule has 156 valence electrons. The first kappa shape index (κ1) is 22.3. The Balaban J connectivity index is 1.86. The Kier molecular flexibility index (Phi) is 8.07. The topological polar surface area (TPSA) is 73.9 Å². The quantitative estimate of drug-likeness (QED) is 0.638. The molecule has 0 aliphatic heterocycles. The van der Waals surface area contributed by atoms with E-state index in [0.29, 0.717) is 17.9 Å². The first-order valence-corrected chi connectivity index (χ1v) is 9.61. The number of nitrogens with one attached hydrogen (secondary N) is 1. The number of amides is 1. The van der Waals surface area contributed by atoms with E-state index in [9.17, 15) is 9.59 Å². The van der Waals surface area contributed by atoms with E-state index in [-0.39, 0.29) is 24.9 Å². The maximum absolute atomic E-state index is 12.3. The number of anilines is 1. The molecule has 0 aliphatic carbocycles. The normalized spacial score (nSPS) is 10.6. The maximum atomic E-state index is 12.3.